The highest BCUT2D eigenvalue weighted by molar-refractivity contribution is 7.91. The van der Waals surface area contributed by atoms with Crippen LogP contribution in [0.3, 0.4) is 0 Å². The van der Waals surface area contributed by atoms with Crippen LogP contribution in [0.4, 0.5) is 5.82 Å². The molecule has 3 aromatic carbocycles. The molecule has 5 heterocycles. The lowest BCUT2D eigenvalue weighted by Crippen LogP contribution is -2.40. The van der Waals surface area contributed by atoms with Gasteiger partial charge in [-0.2, -0.15) is 5.26 Å². The third-order valence-electron chi connectivity index (χ3n) is 13.4. The number of carbonyl (C=O) groups excluding carboxylic acids is 1. The molecule has 3 fully saturated rings. The zero-order valence-electron chi connectivity index (χ0n) is 36.3. The summed E-state index contributed by atoms with van der Waals surface area (Å²) in [6, 6.07) is 27.1. The zero-order chi connectivity index (χ0) is 45.1. The third-order valence-corrected chi connectivity index (χ3v) is 15.4. The number of anilines is 1. The van der Waals surface area contributed by atoms with Gasteiger partial charge in [0, 0.05) is 61.2 Å². The maximum atomic E-state index is 13.1. The van der Waals surface area contributed by atoms with Crippen molar-refractivity contribution in [3.63, 3.8) is 0 Å². The van der Waals surface area contributed by atoms with Gasteiger partial charge in [0.2, 0.25) is 0 Å². The van der Waals surface area contributed by atoms with Gasteiger partial charge in [0.15, 0.2) is 11.5 Å². The van der Waals surface area contributed by atoms with Crippen LogP contribution in [-0.2, 0) is 23.3 Å². The molecular formula is C50H52ClN7O6S. The number of pyridine rings is 1. The Balaban J connectivity index is 0.754. The summed E-state index contributed by atoms with van der Waals surface area (Å²) in [4.78, 5) is 31.3. The number of nitriles is 1. The fourth-order valence-electron chi connectivity index (χ4n) is 9.53. The summed E-state index contributed by atoms with van der Waals surface area (Å²) in [6.45, 7) is 1.76. The number of carbonyl (C=O) groups is 1. The second kappa shape index (κ2) is 19.1. The molecule has 0 spiro atoms. The van der Waals surface area contributed by atoms with Crippen LogP contribution >= 0.6 is 11.6 Å². The fraction of sp³-hybridized carbons (Fsp3) is 0.380. The topological polar surface area (TPSA) is 172 Å². The van der Waals surface area contributed by atoms with Gasteiger partial charge in [-0.1, -0.05) is 29.8 Å². The van der Waals surface area contributed by atoms with Gasteiger partial charge in [0.25, 0.3) is 11.5 Å². The Morgan fingerprint density at radius 1 is 0.892 bits per heavy atom. The van der Waals surface area contributed by atoms with Crippen molar-refractivity contribution in [1.29, 1.82) is 5.26 Å². The standard InChI is InChI=1S/C50H52ClN7O6S/c1-57-31-43(41-18-23-53-48(41)50(57)60)42-28-35(34-21-26-65(61,62)27-22-34)7-16-46(42)64-39-10-4-32(5-11-39)2-3-33-19-24-58(25-20-33)47-17-15-45(55-56-47)49(59)54-37-8-13-38(14-9-37)63-40-12-6-36(30-52)44(51)29-40/h4-7,10-12,15-18,23,28-29,31,33-34,37-38,53H,2-3,8-9,13-14,19-22,24-27H2,1H3,(H,54,59). The van der Waals surface area contributed by atoms with Gasteiger partial charge < -0.3 is 29.2 Å². The Kier molecular flexibility index (Phi) is 13.0. The molecule has 6 aromatic rings. The van der Waals surface area contributed by atoms with Crippen LogP contribution < -0.4 is 25.2 Å². The molecule has 0 atom stereocenters. The van der Waals surface area contributed by atoms with Crippen LogP contribution in [0, 0.1) is 17.2 Å². The second-order valence-electron chi connectivity index (χ2n) is 17.7. The highest BCUT2D eigenvalue weighted by atomic mass is 35.5. The second-order valence-corrected chi connectivity index (χ2v) is 20.4. The summed E-state index contributed by atoms with van der Waals surface area (Å²) in [5.74, 6) is 3.66. The van der Waals surface area contributed by atoms with Crippen LogP contribution in [-0.4, -0.2) is 70.8 Å². The number of hydrogen-bond donors (Lipinski definition) is 2. The number of halogens is 1. The smallest absolute Gasteiger partial charge is 0.274 e. The fourth-order valence-corrected chi connectivity index (χ4v) is 11.2. The van der Waals surface area contributed by atoms with E-state index in [1.54, 1.807) is 42.1 Å². The molecule has 15 heteroatoms. The summed E-state index contributed by atoms with van der Waals surface area (Å²) in [6.07, 6.45) is 12.1. The molecule has 2 N–H and O–H groups in total. The third kappa shape index (κ3) is 10.2. The SMILES string of the molecule is Cn1cc(-c2cc(C3CCS(=O)(=O)CC3)ccc2Oc2ccc(CCC3CCN(c4ccc(C(=O)NC5CCC(Oc6ccc(C#N)c(Cl)c6)CC5)nn4)CC3)cc2)c2cc[nH]c2c1=O. The van der Waals surface area contributed by atoms with Crippen LogP contribution in [0.15, 0.2) is 96.1 Å². The number of aromatic amines is 1. The molecule has 0 bridgehead atoms. The lowest BCUT2D eigenvalue weighted by Gasteiger charge is -2.32. The predicted molar refractivity (Wildman–Crippen MR) is 252 cm³/mol. The van der Waals surface area contributed by atoms with E-state index in [-0.39, 0.29) is 41.0 Å². The maximum absolute atomic E-state index is 13.1. The van der Waals surface area contributed by atoms with Gasteiger partial charge in [0.05, 0.1) is 28.2 Å². The quantitative estimate of drug-likeness (QED) is 0.121. The van der Waals surface area contributed by atoms with Crippen molar-refractivity contribution in [2.24, 2.45) is 13.0 Å². The van der Waals surface area contributed by atoms with E-state index in [4.69, 9.17) is 26.3 Å². The minimum absolute atomic E-state index is 0.0207. The number of nitrogens with one attached hydrogen (secondary N) is 2. The summed E-state index contributed by atoms with van der Waals surface area (Å²) < 4.78 is 38.6. The number of aromatic nitrogens is 4. The number of sulfone groups is 1. The van der Waals surface area contributed by atoms with Crippen molar-refractivity contribution < 1.29 is 22.7 Å². The Morgan fingerprint density at radius 2 is 1.65 bits per heavy atom. The molecule has 3 aliphatic rings. The van der Waals surface area contributed by atoms with Crippen molar-refractivity contribution in [2.45, 2.75) is 82.3 Å². The monoisotopic (exact) mass is 913 g/mol. The van der Waals surface area contributed by atoms with Gasteiger partial charge >= 0.3 is 0 Å². The normalized spacial score (nSPS) is 19.1. The van der Waals surface area contributed by atoms with Gasteiger partial charge in [0.1, 0.15) is 38.7 Å². The largest absolute Gasteiger partial charge is 0.490 e. The molecular weight excluding hydrogens is 862 g/mol. The molecule has 2 saturated heterocycles. The van der Waals surface area contributed by atoms with E-state index in [1.165, 1.54) is 5.56 Å². The highest BCUT2D eigenvalue weighted by Crippen LogP contribution is 2.41. The summed E-state index contributed by atoms with van der Waals surface area (Å²) in [5.41, 5.74) is 5.16. The average molecular weight is 915 g/mol. The maximum Gasteiger partial charge on any atom is 0.274 e. The molecule has 13 nitrogen and oxygen atoms in total. The predicted octanol–water partition coefficient (Wildman–Crippen LogP) is 8.90. The minimum atomic E-state index is -3.00. The number of aryl methyl sites for hydroxylation is 2. The number of hydrogen-bond acceptors (Lipinski definition) is 10. The van der Waals surface area contributed by atoms with E-state index in [0.29, 0.717) is 57.8 Å². The number of piperidine rings is 1. The van der Waals surface area contributed by atoms with Crippen LogP contribution in [0.25, 0.3) is 22.0 Å². The first-order valence-electron chi connectivity index (χ1n) is 22.5. The Hall–Kier alpha value is -6.17. The van der Waals surface area contributed by atoms with Gasteiger partial charge in [-0.05, 0) is 142 Å². The van der Waals surface area contributed by atoms with Crippen molar-refractivity contribution >= 4 is 44.1 Å². The molecule has 2 aliphatic heterocycles. The van der Waals surface area contributed by atoms with E-state index in [0.717, 1.165) is 92.4 Å². The Morgan fingerprint density at radius 3 is 2.35 bits per heavy atom. The molecule has 1 amide bonds. The Bertz CT molecular complexity index is 2880. The highest BCUT2D eigenvalue weighted by Gasteiger charge is 2.28. The first-order chi connectivity index (χ1) is 31.5. The molecule has 65 heavy (non-hydrogen) atoms. The van der Waals surface area contributed by atoms with Gasteiger partial charge in [-0.15, -0.1) is 10.2 Å². The molecule has 0 radical (unpaired) electrons. The van der Waals surface area contributed by atoms with Crippen molar-refractivity contribution in [3.8, 4) is 34.4 Å². The summed E-state index contributed by atoms with van der Waals surface area (Å²) in [5, 5.41) is 22.2. The number of benzene rings is 3. The lowest BCUT2D eigenvalue weighted by molar-refractivity contribution is 0.0888. The molecule has 1 saturated carbocycles. The minimum Gasteiger partial charge on any atom is -0.490 e. The first-order valence-corrected chi connectivity index (χ1v) is 24.7. The number of H-pyrrole nitrogens is 1. The van der Waals surface area contributed by atoms with Crippen LogP contribution in [0.5, 0.6) is 17.2 Å². The van der Waals surface area contributed by atoms with Crippen molar-refractivity contribution in [1.82, 2.24) is 25.1 Å². The number of rotatable bonds is 12. The van der Waals surface area contributed by atoms with Gasteiger partial charge in [-0.3, -0.25) is 9.59 Å². The van der Waals surface area contributed by atoms with E-state index in [1.807, 2.05) is 42.6 Å². The molecule has 9 rings (SSSR count). The first kappa shape index (κ1) is 44.1. The van der Waals surface area contributed by atoms with E-state index in [9.17, 15) is 18.0 Å². The van der Waals surface area contributed by atoms with Crippen molar-refractivity contribution in [3.05, 3.63) is 129 Å². The van der Waals surface area contributed by atoms with Gasteiger partial charge in [-0.25, -0.2) is 8.42 Å². The number of fused-ring (bicyclic) bond motifs is 1. The summed E-state index contributed by atoms with van der Waals surface area (Å²) >= 11 is 6.16. The molecule has 1 aliphatic carbocycles. The zero-order valence-corrected chi connectivity index (χ0v) is 37.9. The van der Waals surface area contributed by atoms with E-state index in [2.05, 4.69) is 49.7 Å². The number of ether oxygens (including phenoxy) is 2. The lowest BCUT2D eigenvalue weighted by atomic mass is 9.90. The average Bonchev–Trinajstić information content (AvgIpc) is 3.82. The Labute approximate surface area is 383 Å². The number of nitrogens with zero attached hydrogens (tertiary/aromatic N) is 5. The molecule has 3 aromatic heterocycles. The number of amides is 1. The molecule has 0 unspecified atom stereocenters. The van der Waals surface area contributed by atoms with Crippen molar-refractivity contribution in [2.75, 3.05) is 29.5 Å². The summed E-state index contributed by atoms with van der Waals surface area (Å²) in [7, 11) is -1.26. The van der Waals surface area contributed by atoms with Crippen LogP contribution in [0.1, 0.15) is 90.9 Å². The molecule has 336 valence electrons. The van der Waals surface area contributed by atoms with Crippen LogP contribution in [0.2, 0.25) is 5.02 Å². The van der Waals surface area contributed by atoms with E-state index < -0.39 is 9.84 Å². The van der Waals surface area contributed by atoms with E-state index >= 15 is 0 Å².